The summed E-state index contributed by atoms with van der Waals surface area (Å²) in [4.78, 5) is 11.4. The molecule has 1 aromatic rings. The standard InChI is InChI=1S/C13H8F6N2O/c14-12(15,16)10-8-5-6-3-1-2-4-7(6)9(8)21(20-10)11(22)13(17,18)19/h1-4,8-9H,5H2. The topological polar surface area (TPSA) is 32.7 Å². The number of hydrogen-bond acceptors (Lipinski definition) is 2. The van der Waals surface area contributed by atoms with Crippen LogP contribution in [0.2, 0.25) is 0 Å². The first kappa shape index (κ1) is 14.9. The molecule has 2 atom stereocenters. The summed E-state index contributed by atoms with van der Waals surface area (Å²) < 4.78 is 76.9. The first-order valence-electron chi connectivity index (χ1n) is 6.24. The first-order chi connectivity index (χ1) is 10.1. The molecule has 0 N–H and O–H groups in total. The molecule has 22 heavy (non-hydrogen) atoms. The molecule has 1 aliphatic heterocycles. The molecule has 1 aliphatic carbocycles. The number of hydrazone groups is 1. The maximum Gasteiger partial charge on any atom is 0.473 e. The Morgan fingerprint density at radius 3 is 2.36 bits per heavy atom. The first-order valence-corrected chi connectivity index (χ1v) is 6.24. The van der Waals surface area contributed by atoms with Gasteiger partial charge in [0.2, 0.25) is 0 Å². The van der Waals surface area contributed by atoms with Crippen LogP contribution in [0, 0.1) is 5.92 Å². The lowest BCUT2D eigenvalue weighted by Gasteiger charge is -2.23. The van der Waals surface area contributed by atoms with E-state index < -0.39 is 35.9 Å². The molecule has 3 rings (SSSR count). The molecule has 0 fully saturated rings. The fourth-order valence-corrected chi connectivity index (χ4v) is 2.94. The van der Waals surface area contributed by atoms with Crippen molar-refractivity contribution in [3.63, 3.8) is 0 Å². The van der Waals surface area contributed by atoms with Gasteiger partial charge in [-0.2, -0.15) is 31.4 Å². The van der Waals surface area contributed by atoms with Crippen molar-refractivity contribution >= 4 is 11.6 Å². The lowest BCUT2D eigenvalue weighted by molar-refractivity contribution is -0.187. The Balaban J connectivity index is 2.09. The van der Waals surface area contributed by atoms with E-state index in [2.05, 4.69) is 5.10 Å². The van der Waals surface area contributed by atoms with Crippen LogP contribution in [-0.4, -0.2) is 29.0 Å². The highest BCUT2D eigenvalue weighted by molar-refractivity contribution is 5.97. The number of alkyl halides is 6. The molecule has 0 bridgehead atoms. The number of rotatable bonds is 0. The van der Waals surface area contributed by atoms with E-state index in [0.29, 0.717) is 5.56 Å². The van der Waals surface area contributed by atoms with Gasteiger partial charge in [-0.25, -0.2) is 5.01 Å². The average Bonchev–Trinajstić information content (AvgIpc) is 2.92. The van der Waals surface area contributed by atoms with Crippen LogP contribution >= 0.6 is 0 Å². The minimum atomic E-state index is -5.29. The number of carbonyl (C=O) groups is 1. The molecule has 1 aromatic carbocycles. The highest BCUT2D eigenvalue weighted by atomic mass is 19.4. The van der Waals surface area contributed by atoms with Crippen LogP contribution in [0.3, 0.4) is 0 Å². The van der Waals surface area contributed by atoms with Gasteiger partial charge in [-0.1, -0.05) is 24.3 Å². The van der Waals surface area contributed by atoms with Gasteiger partial charge in [-0.05, 0) is 17.5 Å². The van der Waals surface area contributed by atoms with Gasteiger partial charge in [0.1, 0.15) is 5.71 Å². The van der Waals surface area contributed by atoms with Crippen LogP contribution < -0.4 is 0 Å². The SMILES string of the molecule is O=C(N1N=C(C(F)(F)F)C2Cc3ccccc3C21)C(F)(F)F. The Bertz CT molecular complexity index is 663. The Morgan fingerprint density at radius 2 is 1.77 bits per heavy atom. The molecule has 3 nitrogen and oxygen atoms in total. The van der Waals surface area contributed by atoms with E-state index in [4.69, 9.17) is 0 Å². The second kappa shape index (κ2) is 4.47. The van der Waals surface area contributed by atoms with Crippen LogP contribution in [0.25, 0.3) is 0 Å². The molecule has 0 radical (unpaired) electrons. The highest BCUT2D eigenvalue weighted by Gasteiger charge is 2.58. The maximum atomic E-state index is 13.0. The van der Waals surface area contributed by atoms with Crippen molar-refractivity contribution in [2.24, 2.45) is 11.0 Å². The normalized spacial score (nSPS) is 24.1. The third-order valence-corrected chi connectivity index (χ3v) is 3.77. The molecule has 2 unspecified atom stereocenters. The van der Waals surface area contributed by atoms with E-state index in [0.717, 1.165) is 0 Å². The van der Waals surface area contributed by atoms with Gasteiger partial charge in [0.05, 0.1) is 6.04 Å². The minimum Gasteiger partial charge on any atom is -0.262 e. The number of benzene rings is 1. The average molecular weight is 322 g/mol. The molecular formula is C13H8F6N2O. The third-order valence-electron chi connectivity index (χ3n) is 3.77. The van der Waals surface area contributed by atoms with Crippen molar-refractivity contribution < 1.29 is 31.1 Å². The largest absolute Gasteiger partial charge is 0.473 e. The summed E-state index contributed by atoms with van der Waals surface area (Å²) in [6, 6.07) is 4.69. The van der Waals surface area contributed by atoms with Gasteiger partial charge < -0.3 is 0 Å². The summed E-state index contributed by atoms with van der Waals surface area (Å²) in [5, 5.41) is 2.89. The summed E-state index contributed by atoms with van der Waals surface area (Å²) in [6.45, 7) is 0. The summed E-state index contributed by atoms with van der Waals surface area (Å²) in [5.41, 5.74) is -0.575. The molecular weight excluding hydrogens is 314 g/mol. The van der Waals surface area contributed by atoms with Gasteiger partial charge in [-0.3, -0.25) is 4.79 Å². The van der Waals surface area contributed by atoms with Gasteiger partial charge >= 0.3 is 18.3 Å². The van der Waals surface area contributed by atoms with Crippen LogP contribution in [0.4, 0.5) is 26.3 Å². The van der Waals surface area contributed by atoms with Gasteiger partial charge in [0.25, 0.3) is 0 Å². The quantitative estimate of drug-likeness (QED) is 0.675. The molecule has 0 aromatic heterocycles. The number of hydrogen-bond donors (Lipinski definition) is 0. The highest BCUT2D eigenvalue weighted by Crippen LogP contribution is 2.49. The fraction of sp³-hybridized carbons (Fsp3) is 0.385. The Labute approximate surface area is 120 Å². The van der Waals surface area contributed by atoms with Gasteiger partial charge in [0.15, 0.2) is 0 Å². The number of amides is 1. The number of fused-ring (bicyclic) bond motifs is 3. The fourth-order valence-electron chi connectivity index (χ4n) is 2.94. The van der Waals surface area contributed by atoms with E-state index in [9.17, 15) is 31.1 Å². The molecule has 2 aliphatic rings. The molecule has 1 heterocycles. The lowest BCUT2D eigenvalue weighted by Crippen LogP contribution is -2.38. The van der Waals surface area contributed by atoms with E-state index in [-0.39, 0.29) is 17.0 Å². The zero-order valence-electron chi connectivity index (χ0n) is 10.7. The Hall–Kier alpha value is -2.06. The predicted octanol–water partition coefficient (Wildman–Crippen LogP) is 3.22. The lowest BCUT2D eigenvalue weighted by atomic mass is 9.96. The molecule has 118 valence electrons. The zero-order valence-corrected chi connectivity index (χ0v) is 10.7. The van der Waals surface area contributed by atoms with Crippen molar-refractivity contribution in [1.29, 1.82) is 0 Å². The molecule has 0 saturated carbocycles. The van der Waals surface area contributed by atoms with Crippen LogP contribution in [0.1, 0.15) is 17.2 Å². The number of halogens is 6. The summed E-state index contributed by atoms with van der Waals surface area (Å²) in [7, 11) is 0. The zero-order chi connectivity index (χ0) is 16.3. The monoisotopic (exact) mass is 322 g/mol. The third kappa shape index (κ3) is 2.15. The molecule has 0 spiro atoms. The molecule has 9 heteroatoms. The Kier molecular flexibility index (Phi) is 3.02. The van der Waals surface area contributed by atoms with Crippen molar-refractivity contribution in [1.82, 2.24) is 5.01 Å². The van der Waals surface area contributed by atoms with Crippen LogP contribution in [-0.2, 0) is 11.2 Å². The summed E-state index contributed by atoms with van der Waals surface area (Å²) >= 11 is 0. The Morgan fingerprint density at radius 1 is 1.14 bits per heavy atom. The molecule has 0 saturated heterocycles. The maximum absolute atomic E-state index is 13.0. The smallest absolute Gasteiger partial charge is 0.262 e. The number of carbonyl (C=O) groups excluding carboxylic acids is 1. The van der Waals surface area contributed by atoms with Crippen molar-refractivity contribution in [3.05, 3.63) is 35.4 Å². The predicted molar refractivity (Wildman–Crippen MR) is 62.8 cm³/mol. The van der Waals surface area contributed by atoms with E-state index in [1.54, 1.807) is 6.07 Å². The van der Waals surface area contributed by atoms with Crippen molar-refractivity contribution in [2.45, 2.75) is 24.8 Å². The van der Waals surface area contributed by atoms with Crippen LogP contribution in [0.15, 0.2) is 29.4 Å². The van der Waals surface area contributed by atoms with E-state index >= 15 is 0 Å². The van der Waals surface area contributed by atoms with Gasteiger partial charge in [0, 0.05) is 5.92 Å². The second-order valence-electron chi connectivity index (χ2n) is 5.08. The minimum absolute atomic E-state index is 0.0701. The van der Waals surface area contributed by atoms with Crippen molar-refractivity contribution in [3.8, 4) is 0 Å². The molecule has 1 amide bonds. The summed E-state index contributed by atoms with van der Waals surface area (Å²) in [5.74, 6) is -3.69. The second-order valence-corrected chi connectivity index (χ2v) is 5.08. The summed E-state index contributed by atoms with van der Waals surface area (Å²) in [6.07, 6.45) is -10.3. The van der Waals surface area contributed by atoms with Gasteiger partial charge in [-0.15, -0.1) is 0 Å². The van der Waals surface area contributed by atoms with Crippen LogP contribution in [0.5, 0.6) is 0 Å². The van der Waals surface area contributed by atoms with Crippen molar-refractivity contribution in [2.75, 3.05) is 0 Å². The van der Waals surface area contributed by atoms with E-state index in [1.165, 1.54) is 18.2 Å². The van der Waals surface area contributed by atoms with E-state index in [1.807, 2.05) is 0 Å². The number of nitrogens with zero attached hydrogens (tertiary/aromatic N) is 2.